The fourth-order valence-electron chi connectivity index (χ4n) is 3.21. The van der Waals surface area contributed by atoms with Crippen LogP contribution in [0.3, 0.4) is 0 Å². The van der Waals surface area contributed by atoms with Gasteiger partial charge in [-0.25, -0.2) is 0 Å². The van der Waals surface area contributed by atoms with Crippen LogP contribution in [0.1, 0.15) is 27.7 Å². The zero-order valence-electron chi connectivity index (χ0n) is 12.5. The number of rotatable bonds is 4. The summed E-state index contributed by atoms with van der Waals surface area (Å²) in [6.07, 6.45) is 1.92. The highest BCUT2D eigenvalue weighted by Crippen LogP contribution is 2.61. The molecule has 3 unspecified atom stereocenters. The summed E-state index contributed by atoms with van der Waals surface area (Å²) < 4.78 is 0.788. The van der Waals surface area contributed by atoms with E-state index in [4.69, 9.17) is 0 Å². The number of halogens is 2. The van der Waals surface area contributed by atoms with Gasteiger partial charge in [-0.05, 0) is 57.0 Å². The van der Waals surface area contributed by atoms with Gasteiger partial charge in [0.1, 0.15) is 0 Å². The summed E-state index contributed by atoms with van der Waals surface area (Å²) in [7, 11) is 0. The normalized spacial score (nSPS) is 30.8. The number of hydrogen-bond acceptors (Lipinski definition) is 3. The first-order valence-corrected chi connectivity index (χ1v) is 8.57. The van der Waals surface area contributed by atoms with Crippen molar-refractivity contribution >= 4 is 49.3 Å². The average molecular weight is 421 g/mol. The third kappa shape index (κ3) is 2.89. The van der Waals surface area contributed by atoms with E-state index in [-0.39, 0.29) is 47.3 Å². The first-order chi connectivity index (χ1) is 9.59. The first kappa shape index (κ1) is 16.9. The summed E-state index contributed by atoms with van der Waals surface area (Å²) in [4.78, 5) is 38.6. The SMILES string of the molecule is CC(C)N1CC(=O)C(C(=O)C2C(C=C(Br)Br)C2(C)C)C1=O. The number of Topliss-reactive ketones (excluding diaryl/α,β-unsaturated/α-hetero) is 2. The lowest BCUT2D eigenvalue weighted by atomic mass is 9.94. The fraction of sp³-hybridized carbons (Fsp3) is 0.667. The zero-order valence-corrected chi connectivity index (χ0v) is 15.7. The summed E-state index contributed by atoms with van der Waals surface area (Å²) in [5.74, 6) is -2.13. The van der Waals surface area contributed by atoms with Crippen molar-refractivity contribution in [3.05, 3.63) is 9.47 Å². The van der Waals surface area contributed by atoms with Crippen LogP contribution in [0.25, 0.3) is 0 Å². The fourth-order valence-corrected chi connectivity index (χ4v) is 3.78. The molecule has 0 spiro atoms. The minimum Gasteiger partial charge on any atom is -0.332 e. The predicted octanol–water partition coefficient (Wildman–Crippen LogP) is 2.89. The van der Waals surface area contributed by atoms with Crippen LogP contribution in [-0.4, -0.2) is 35.0 Å². The van der Waals surface area contributed by atoms with Gasteiger partial charge >= 0.3 is 0 Å². The lowest BCUT2D eigenvalue weighted by Crippen LogP contribution is -2.36. The number of nitrogens with zero attached hydrogens (tertiary/aromatic N) is 1. The Bertz CT molecular complexity index is 535. The lowest BCUT2D eigenvalue weighted by Gasteiger charge is -2.19. The number of ketones is 2. The molecule has 1 aliphatic heterocycles. The number of hydrogen-bond donors (Lipinski definition) is 0. The minimum atomic E-state index is -1.09. The maximum absolute atomic E-state index is 12.7. The van der Waals surface area contributed by atoms with Crippen LogP contribution >= 0.6 is 31.9 Å². The maximum Gasteiger partial charge on any atom is 0.241 e. The number of likely N-dealkylation sites (tertiary alicyclic amines) is 1. The van der Waals surface area contributed by atoms with E-state index in [2.05, 4.69) is 31.9 Å². The van der Waals surface area contributed by atoms with Crippen molar-refractivity contribution in [2.45, 2.75) is 33.7 Å². The monoisotopic (exact) mass is 419 g/mol. The van der Waals surface area contributed by atoms with Gasteiger partial charge in [0.25, 0.3) is 0 Å². The van der Waals surface area contributed by atoms with Gasteiger partial charge in [-0.2, -0.15) is 0 Å². The molecule has 0 aromatic rings. The Morgan fingerprint density at radius 1 is 1.33 bits per heavy atom. The molecule has 1 saturated carbocycles. The van der Waals surface area contributed by atoms with Crippen molar-refractivity contribution < 1.29 is 14.4 Å². The number of carbonyl (C=O) groups is 3. The molecule has 21 heavy (non-hydrogen) atoms. The third-order valence-corrected chi connectivity index (χ3v) is 5.14. The number of carbonyl (C=O) groups excluding carboxylic acids is 3. The van der Waals surface area contributed by atoms with Crippen LogP contribution in [0.2, 0.25) is 0 Å². The van der Waals surface area contributed by atoms with E-state index < -0.39 is 5.92 Å². The molecule has 0 bridgehead atoms. The Balaban J connectivity index is 2.20. The van der Waals surface area contributed by atoms with E-state index in [0.717, 1.165) is 3.39 Å². The summed E-state index contributed by atoms with van der Waals surface area (Å²) in [5.41, 5.74) is -0.213. The zero-order chi connectivity index (χ0) is 16.1. The molecule has 2 fully saturated rings. The van der Waals surface area contributed by atoms with E-state index >= 15 is 0 Å². The topological polar surface area (TPSA) is 54.5 Å². The summed E-state index contributed by atoms with van der Waals surface area (Å²) in [6, 6.07) is -0.0566. The van der Waals surface area contributed by atoms with Crippen molar-refractivity contribution in [1.29, 1.82) is 0 Å². The second-order valence-corrected chi connectivity index (χ2v) is 9.42. The van der Waals surface area contributed by atoms with Gasteiger partial charge in [0.15, 0.2) is 17.5 Å². The van der Waals surface area contributed by atoms with Crippen LogP contribution in [0.4, 0.5) is 0 Å². The Morgan fingerprint density at radius 2 is 1.90 bits per heavy atom. The molecule has 0 aromatic carbocycles. The maximum atomic E-state index is 12.7. The molecule has 3 atom stereocenters. The molecule has 0 aromatic heterocycles. The molecule has 2 rings (SSSR count). The molecule has 1 heterocycles. The molecule has 1 saturated heterocycles. The number of allylic oxidation sites excluding steroid dienone is 1. The van der Waals surface area contributed by atoms with Gasteiger partial charge in [-0.1, -0.05) is 19.9 Å². The standard InChI is InChI=1S/C15H19Br2NO3/c1-7(2)18-6-9(19)11(14(18)21)13(20)12-8(5-10(16)17)15(12,3)4/h5,7-8,11-12H,6H2,1-4H3. The van der Waals surface area contributed by atoms with Crippen LogP contribution < -0.4 is 0 Å². The predicted molar refractivity (Wildman–Crippen MR) is 87.1 cm³/mol. The van der Waals surface area contributed by atoms with Gasteiger partial charge in [-0.3, -0.25) is 14.4 Å². The molecular weight excluding hydrogens is 402 g/mol. The summed E-state index contributed by atoms with van der Waals surface area (Å²) in [5, 5.41) is 0. The average Bonchev–Trinajstić information content (AvgIpc) is 2.71. The van der Waals surface area contributed by atoms with Crippen molar-refractivity contribution in [3.63, 3.8) is 0 Å². The highest BCUT2D eigenvalue weighted by atomic mass is 79.9. The van der Waals surface area contributed by atoms with Crippen LogP contribution in [-0.2, 0) is 14.4 Å². The Morgan fingerprint density at radius 3 is 2.33 bits per heavy atom. The molecule has 116 valence electrons. The first-order valence-electron chi connectivity index (χ1n) is 6.98. The van der Waals surface area contributed by atoms with Gasteiger partial charge in [0, 0.05) is 12.0 Å². The largest absolute Gasteiger partial charge is 0.332 e. The quantitative estimate of drug-likeness (QED) is 0.657. The van der Waals surface area contributed by atoms with E-state index in [9.17, 15) is 14.4 Å². The summed E-state index contributed by atoms with van der Waals surface area (Å²) in [6.45, 7) is 7.75. The summed E-state index contributed by atoms with van der Waals surface area (Å²) >= 11 is 6.61. The van der Waals surface area contributed by atoms with Crippen molar-refractivity contribution in [1.82, 2.24) is 4.90 Å². The van der Waals surface area contributed by atoms with E-state index in [1.165, 1.54) is 4.90 Å². The smallest absolute Gasteiger partial charge is 0.241 e. The molecule has 0 radical (unpaired) electrons. The van der Waals surface area contributed by atoms with E-state index in [1.54, 1.807) is 0 Å². The van der Waals surface area contributed by atoms with Crippen LogP contribution in [0.15, 0.2) is 9.47 Å². The molecule has 4 nitrogen and oxygen atoms in total. The molecule has 2 aliphatic rings. The lowest BCUT2D eigenvalue weighted by molar-refractivity contribution is -0.140. The van der Waals surface area contributed by atoms with Crippen molar-refractivity contribution in [2.75, 3.05) is 6.54 Å². The Labute approximate surface area is 141 Å². The number of amides is 1. The van der Waals surface area contributed by atoms with Gasteiger partial charge in [0.05, 0.1) is 9.94 Å². The molecule has 0 N–H and O–H groups in total. The minimum absolute atomic E-state index is 0.0486. The third-order valence-electron chi connectivity index (χ3n) is 4.61. The van der Waals surface area contributed by atoms with Crippen molar-refractivity contribution in [3.8, 4) is 0 Å². The second-order valence-electron chi connectivity index (χ2n) is 6.64. The van der Waals surface area contributed by atoms with E-state index in [0.29, 0.717) is 0 Å². The van der Waals surface area contributed by atoms with Gasteiger partial charge in [0.2, 0.25) is 5.91 Å². The highest BCUT2D eigenvalue weighted by Gasteiger charge is 2.63. The van der Waals surface area contributed by atoms with Crippen molar-refractivity contribution in [2.24, 2.45) is 23.2 Å². The highest BCUT2D eigenvalue weighted by molar-refractivity contribution is 9.28. The van der Waals surface area contributed by atoms with E-state index in [1.807, 2.05) is 33.8 Å². The molecule has 6 heteroatoms. The van der Waals surface area contributed by atoms with Crippen LogP contribution in [0, 0.1) is 23.2 Å². The Kier molecular flexibility index (Phi) is 4.51. The van der Waals surface area contributed by atoms with Gasteiger partial charge in [-0.15, -0.1) is 0 Å². The second kappa shape index (κ2) is 5.61. The Hall–Kier alpha value is -0.490. The molecule has 1 amide bonds. The molecule has 1 aliphatic carbocycles. The van der Waals surface area contributed by atoms with Crippen LogP contribution in [0.5, 0.6) is 0 Å². The molecular formula is C15H19Br2NO3. The van der Waals surface area contributed by atoms with Gasteiger partial charge < -0.3 is 4.90 Å².